The minimum absolute atomic E-state index is 0.0340. The van der Waals surface area contributed by atoms with Gasteiger partial charge in [-0.1, -0.05) is 19.0 Å². The van der Waals surface area contributed by atoms with Crippen LogP contribution in [0.2, 0.25) is 0 Å². The van der Waals surface area contributed by atoms with Crippen LogP contribution in [-0.2, 0) is 4.74 Å². The number of nitrogens with zero attached hydrogens (tertiary/aromatic N) is 1. The summed E-state index contributed by atoms with van der Waals surface area (Å²) in [7, 11) is 0. The zero-order valence-electron chi connectivity index (χ0n) is 10.5. The number of hydrogen-bond donors (Lipinski definition) is 2. The second-order valence-electron chi connectivity index (χ2n) is 5.67. The minimum Gasteiger partial charge on any atom is -0.444 e. The zero-order chi connectivity index (χ0) is 12.6. The van der Waals surface area contributed by atoms with E-state index in [9.17, 15) is 4.79 Å². The molecule has 0 aromatic heterocycles. The van der Waals surface area contributed by atoms with E-state index in [-0.39, 0.29) is 11.5 Å². The third kappa shape index (κ3) is 2.65. The number of ether oxygens (including phenoxy) is 1. The summed E-state index contributed by atoms with van der Waals surface area (Å²) in [6, 6.07) is -0.0340. The molecule has 5 heteroatoms. The van der Waals surface area contributed by atoms with Crippen LogP contribution < -0.4 is 5.32 Å². The van der Waals surface area contributed by atoms with Crippen LogP contribution in [0.1, 0.15) is 41.0 Å². The summed E-state index contributed by atoms with van der Waals surface area (Å²) in [6.07, 6.45) is 0.144. The number of amides is 1. The molecular formula is C11H20N2O3. The Morgan fingerprint density at radius 1 is 1.56 bits per heavy atom. The summed E-state index contributed by atoms with van der Waals surface area (Å²) in [5.74, 6) is 0. The molecule has 0 heterocycles. The largest absolute Gasteiger partial charge is 0.444 e. The normalized spacial score (nSPS) is 26.1. The van der Waals surface area contributed by atoms with Gasteiger partial charge in [0.15, 0.2) is 0 Å². The van der Waals surface area contributed by atoms with Crippen LogP contribution in [0.5, 0.6) is 0 Å². The molecule has 0 aromatic rings. The van der Waals surface area contributed by atoms with Crippen molar-refractivity contribution in [3.05, 3.63) is 0 Å². The van der Waals surface area contributed by atoms with E-state index in [0.29, 0.717) is 12.1 Å². The molecule has 16 heavy (non-hydrogen) atoms. The second-order valence-corrected chi connectivity index (χ2v) is 5.67. The lowest BCUT2D eigenvalue weighted by atomic mass is 9.65. The standard InChI is InChI=1S/C11H20N2O3/c1-10(2,3)16-9(14)12-7-6-8(13-15)11(7,4)5/h7,15H,6H2,1-5H3,(H,12,14). The average molecular weight is 228 g/mol. The molecule has 0 aliphatic heterocycles. The average Bonchev–Trinajstić information content (AvgIpc) is 2.08. The van der Waals surface area contributed by atoms with Crippen LogP contribution in [0.15, 0.2) is 5.16 Å². The van der Waals surface area contributed by atoms with Gasteiger partial charge in [0.05, 0.1) is 5.71 Å². The third-order valence-corrected chi connectivity index (χ3v) is 2.82. The highest BCUT2D eigenvalue weighted by molar-refractivity contribution is 5.97. The van der Waals surface area contributed by atoms with E-state index in [1.54, 1.807) is 0 Å². The van der Waals surface area contributed by atoms with Crippen molar-refractivity contribution >= 4 is 11.8 Å². The number of carbonyl (C=O) groups is 1. The van der Waals surface area contributed by atoms with Crippen molar-refractivity contribution in [3.63, 3.8) is 0 Å². The number of nitrogens with one attached hydrogen (secondary N) is 1. The van der Waals surface area contributed by atoms with E-state index in [2.05, 4.69) is 10.5 Å². The Labute approximate surface area is 95.9 Å². The fourth-order valence-electron chi connectivity index (χ4n) is 1.63. The molecule has 1 unspecified atom stereocenters. The Kier molecular flexibility index (Phi) is 3.17. The fraction of sp³-hybridized carbons (Fsp3) is 0.818. The molecule has 1 saturated carbocycles. The van der Waals surface area contributed by atoms with Crippen molar-refractivity contribution in [2.45, 2.75) is 52.7 Å². The monoisotopic (exact) mass is 228 g/mol. The molecule has 1 fully saturated rings. The molecule has 0 saturated heterocycles. The minimum atomic E-state index is -0.494. The molecule has 1 rings (SSSR count). The summed E-state index contributed by atoms with van der Waals surface area (Å²) >= 11 is 0. The van der Waals surface area contributed by atoms with Gasteiger partial charge in [-0.15, -0.1) is 0 Å². The number of rotatable bonds is 1. The van der Waals surface area contributed by atoms with Crippen LogP contribution in [0.25, 0.3) is 0 Å². The van der Waals surface area contributed by atoms with Gasteiger partial charge in [0.25, 0.3) is 0 Å². The molecule has 1 atom stereocenters. The van der Waals surface area contributed by atoms with Gasteiger partial charge in [-0.3, -0.25) is 0 Å². The first kappa shape index (κ1) is 12.8. The molecule has 5 nitrogen and oxygen atoms in total. The third-order valence-electron chi connectivity index (χ3n) is 2.82. The summed E-state index contributed by atoms with van der Waals surface area (Å²) in [5, 5.41) is 14.7. The zero-order valence-corrected chi connectivity index (χ0v) is 10.5. The van der Waals surface area contributed by atoms with E-state index in [4.69, 9.17) is 9.94 Å². The van der Waals surface area contributed by atoms with Crippen LogP contribution in [-0.4, -0.2) is 28.7 Å². The first-order valence-corrected chi connectivity index (χ1v) is 5.38. The molecule has 0 spiro atoms. The predicted molar refractivity (Wildman–Crippen MR) is 60.8 cm³/mol. The lowest BCUT2D eigenvalue weighted by Gasteiger charge is -2.44. The maximum absolute atomic E-state index is 11.5. The lowest BCUT2D eigenvalue weighted by Crippen LogP contribution is -2.59. The number of oxime groups is 1. The predicted octanol–water partition coefficient (Wildman–Crippen LogP) is 2.14. The van der Waals surface area contributed by atoms with E-state index >= 15 is 0 Å². The van der Waals surface area contributed by atoms with E-state index in [1.807, 2.05) is 34.6 Å². The van der Waals surface area contributed by atoms with Gasteiger partial charge in [0, 0.05) is 17.9 Å². The van der Waals surface area contributed by atoms with E-state index < -0.39 is 11.7 Å². The molecule has 1 aliphatic rings. The smallest absolute Gasteiger partial charge is 0.407 e. The van der Waals surface area contributed by atoms with Crippen molar-refractivity contribution in [3.8, 4) is 0 Å². The highest BCUT2D eigenvalue weighted by atomic mass is 16.6. The first-order valence-electron chi connectivity index (χ1n) is 5.38. The van der Waals surface area contributed by atoms with Gasteiger partial charge in [-0.2, -0.15) is 0 Å². The molecular weight excluding hydrogens is 208 g/mol. The topological polar surface area (TPSA) is 70.9 Å². The number of carbonyl (C=O) groups excluding carboxylic acids is 1. The molecule has 92 valence electrons. The Balaban J connectivity index is 2.50. The maximum atomic E-state index is 11.5. The van der Waals surface area contributed by atoms with Crippen molar-refractivity contribution in [2.75, 3.05) is 0 Å². The Morgan fingerprint density at radius 2 is 2.12 bits per heavy atom. The molecule has 2 N–H and O–H groups in total. The Hall–Kier alpha value is -1.26. The van der Waals surface area contributed by atoms with Crippen molar-refractivity contribution < 1.29 is 14.7 Å². The van der Waals surface area contributed by atoms with Gasteiger partial charge >= 0.3 is 6.09 Å². The molecule has 0 bridgehead atoms. The highest BCUT2D eigenvalue weighted by Gasteiger charge is 2.47. The summed E-state index contributed by atoms with van der Waals surface area (Å²) in [6.45, 7) is 9.30. The van der Waals surface area contributed by atoms with E-state index in [0.717, 1.165) is 0 Å². The van der Waals surface area contributed by atoms with Crippen LogP contribution in [0.4, 0.5) is 4.79 Å². The maximum Gasteiger partial charge on any atom is 0.407 e. The van der Waals surface area contributed by atoms with Crippen LogP contribution in [0, 0.1) is 5.41 Å². The SMILES string of the molecule is CC(C)(C)OC(=O)NC1CC(=NO)C1(C)C. The quantitative estimate of drug-likeness (QED) is 0.533. The van der Waals surface area contributed by atoms with Crippen molar-refractivity contribution in [1.82, 2.24) is 5.32 Å². The van der Waals surface area contributed by atoms with E-state index in [1.165, 1.54) is 0 Å². The summed E-state index contributed by atoms with van der Waals surface area (Å²) in [4.78, 5) is 11.5. The second kappa shape index (κ2) is 3.96. The van der Waals surface area contributed by atoms with Crippen molar-refractivity contribution in [2.24, 2.45) is 10.6 Å². The van der Waals surface area contributed by atoms with Crippen LogP contribution >= 0.6 is 0 Å². The van der Waals surface area contributed by atoms with Gasteiger partial charge in [-0.25, -0.2) is 4.79 Å². The summed E-state index contributed by atoms with van der Waals surface area (Å²) < 4.78 is 5.15. The van der Waals surface area contributed by atoms with Gasteiger partial charge in [0.1, 0.15) is 5.60 Å². The van der Waals surface area contributed by atoms with Gasteiger partial charge < -0.3 is 15.3 Å². The molecule has 0 aromatic carbocycles. The molecule has 1 amide bonds. The first-order chi connectivity index (χ1) is 7.16. The van der Waals surface area contributed by atoms with Gasteiger partial charge in [-0.05, 0) is 20.8 Å². The summed E-state index contributed by atoms with van der Waals surface area (Å²) in [5.41, 5.74) is -0.0918. The Bertz CT molecular complexity index is 316. The molecule has 1 aliphatic carbocycles. The molecule has 0 radical (unpaired) electrons. The fourth-order valence-corrected chi connectivity index (χ4v) is 1.63. The van der Waals surface area contributed by atoms with Crippen molar-refractivity contribution in [1.29, 1.82) is 0 Å². The van der Waals surface area contributed by atoms with Gasteiger partial charge in [0.2, 0.25) is 0 Å². The highest BCUT2D eigenvalue weighted by Crippen LogP contribution is 2.37. The number of alkyl carbamates (subject to hydrolysis) is 1. The Morgan fingerprint density at radius 3 is 2.50 bits per heavy atom. The van der Waals surface area contributed by atoms with Crippen LogP contribution in [0.3, 0.4) is 0 Å². The number of hydrogen-bond acceptors (Lipinski definition) is 4. The lowest BCUT2D eigenvalue weighted by molar-refractivity contribution is 0.0460.